The van der Waals surface area contributed by atoms with Crippen molar-refractivity contribution in [1.29, 1.82) is 0 Å². The third-order valence-electron chi connectivity index (χ3n) is 6.36. The third kappa shape index (κ3) is 3.23. The maximum atomic E-state index is 5.95. The molecule has 33 heavy (non-hydrogen) atoms. The molecule has 1 aromatic heterocycles. The maximum absolute atomic E-state index is 5.95. The van der Waals surface area contributed by atoms with Crippen LogP contribution in [0.5, 0.6) is 5.75 Å². The van der Waals surface area contributed by atoms with Crippen molar-refractivity contribution in [1.82, 2.24) is 9.88 Å². The van der Waals surface area contributed by atoms with E-state index in [1.54, 1.807) is 7.11 Å². The summed E-state index contributed by atoms with van der Waals surface area (Å²) >= 11 is 0. The molecule has 0 saturated heterocycles. The smallest absolute Gasteiger partial charge is 0.132 e. The van der Waals surface area contributed by atoms with E-state index in [-0.39, 0.29) is 6.04 Å². The van der Waals surface area contributed by atoms with Crippen LogP contribution < -0.4 is 15.4 Å². The van der Waals surface area contributed by atoms with Crippen LogP contribution in [0.1, 0.15) is 17.3 Å². The number of methoxy groups -OCH3 is 1. The van der Waals surface area contributed by atoms with Crippen LogP contribution in [0.2, 0.25) is 0 Å². The Morgan fingerprint density at radius 2 is 1.79 bits per heavy atom. The van der Waals surface area contributed by atoms with E-state index in [4.69, 9.17) is 4.74 Å². The lowest BCUT2D eigenvalue weighted by atomic mass is 9.96. The Labute approximate surface area is 193 Å². The number of hydrogen-bond acceptors (Lipinski definition) is 3. The molecule has 2 N–H and O–H groups in total. The van der Waals surface area contributed by atoms with Crippen molar-refractivity contribution < 1.29 is 4.74 Å². The molecule has 0 radical (unpaired) electrons. The molecule has 1 unspecified atom stereocenters. The van der Waals surface area contributed by atoms with Crippen LogP contribution in [-0.4, -0.2) is 18.2 Å². The largest absolute Gasteiger partial charge is 0.496 e. The summed E-state index contributed by atoms with van der Waals surface area (Å²) in [6.07, 6.45) is 10.8. The standard InChI is InChI=1S/C29H25N3O/c1-33-29-21(20-10-3-2-4-11-20)13-7-14-22(29)24-15-8-18-27(31-24)32-25-16-6-5-12-23(25)28-26(32)17-9-19-30-28/h2-18,24,30-31H,19H2,1H3. The summed E-state index contributed by atoms with van der Waals surface area (Å²) in [4.78, 5) is 0. The van der Waals surface area contributed by atoms with Gasteiger partial charge in [-0.15, -0.1) is 0 Å². The molecule has 2 aliphatic heterocycles. The van der Waals surface area contributed by atoms with Gasteiger partial charge in [0, 0.05) is 23.1 Å². The number of benzene rings is 3. The first-order valence-corrected chi connectivity index (χ1v) is 11.3. The molecule has 0 amide bonds. The second-order valence-electron chi connectivity index (χ2n) is 8.25. The van der Waals surface area contributed by atoms with Gasteiger partial charge in [0.1, 0.15) is 11.6 Å². The number of hydrogen-bond donors (Lipinski definition) is 2. The van der Waals surface area contributed by atoms with E-state index in [0.717, 1.165) is 34.8 Å². The topological polar surface area (TPSA) is 38.2 Å². The lowest BCUT2D eigenvalue weighted by Gasteiger charge is -2.26. The van der Waals surface area contributed by atoms with Crippen molar-refractivity contribution in [3.05, 3.63) is 108 Å². The quantitative estimate of drug-likeness (QED) is 0.390. The number of anilines is 1. The summed E-state index contributed by atoms with van der Waals surface area (Å²) < 4.78 is 8.25. The highest BCUT2D eigenvalue weighted by atomic mass is 16.5. The molecule has 4 heteroatoms. The van der Waals surface area contributed by atoms with E-state index in [0.29, 0.717) is 0 Å². The minimum absolute atomic E-state index is 0.0130. The Hall–Kier alpha value is -4.18. The summed E-state index contributed by atoms with van der Waals surface area (Å²) in [5.74, 6) is 1.94. The van der Waals surface area contributed by atoms with Gasteiger partial charge in [-0.05, 0) is 23.8 Å². The maximum Gasteiger partial charge on any atom is 0.132 e. The SMILES string of the molecule is COc1c(-c2ccccc2)cccc1C1C=CC=C(n2c3c(c4ccccc42)NCC=C3)N1. The number of nitrogens with one attached hydrogen (secondary N) is 2. The van der Waals surface area contributed by atoms with Crippen LogP contribution in [0, 0.1) is 0 Å². The fourth-order valence-corrected chi connectivity index (χ4v) is 4.90. The monoisotopic (exact) mass is 431 g/mol. The fourth-order valence-electron chi connectivity index (χ4n) is 4.90. The Kier molecular flexibility index (Phi) is 4.76. The number of dihydropyridines is 1. The van der Waals surface area contributed by atoms with Gasteiger partial charge in [-0.2, -0.15) is 0 Å². The van der Waals surface area contributed by atoms with E-state index < -0.39 is 0 Å². The van der Waals surface area contributed by atoms with Crippen LogP contribution in [0.4, 0.5) is 5.69 Å². The molecule has 6 rings (SSSR count). The number of ether oxygens (including phenoxy) is 1. The van der Waals surface area contributed by atoms with Gasteiger partial charge in [-0.25, -0.2) is 0 Å². The third-order valence-corrected chi connectivity index (χ3v) is 6.36. The summed E-state index contributed by atoms with van der Waals surface area (Å²) in [5, 5.41) is 8.55. The van der Waals surface area contributed by atoms with E-state index in [9.17, 15) is 0 Å². The van der Waals surface area contributed by atoms with Gasteiger partial charge in [0.25, 0.3) is 0 Å². The number of rotatable bonds is 4. The average molecular weight is 432 g/mol. The van der Waals surface area contributed by atoms with Crippen molar-refractivity contribution in [2.75, 3.05) is 19.0 Å². The van der Waals surface area contributed by atoms with Gasteiger partial charge in [0.15, 0.2) is 0 Å². The minimum atomic E-state index is -0.0130. The van der Waals surface area contributed by atoms with Crippen LogP contribution in [0.25, 0.3) is 33.9 Å². The molecule has 0 bridgehead atoms. The molecule has 162 valence electrons. The first kappa shape index (κ1) is 19.5. The number of para-hydroxylation sites is 2. The molecule has 0 spiro atoms. The Balaban J connectivity index is 1.43. The van der Waals surface area contributed by atoms with Crippen LogP contribution in [0.3, 0.4) is 0 Å². The predicted octanol–water partition coefficient (Wildman–Crippen LogP) is 6.45. The fraction of sp³-hybridized carbons (Fsp3) is 0.103. The van der Waals surface area contributed by atoms with Crippen molar-refractivity contribution in [2.24, 2.45) is 0 Å². The van der Waals surface area contributed by atoms with Crippen LogP contribution >= 0.6 is 0 Å². The average Bonchev–Trinajstić information content (AvgIpc) is 3.23. The summed E-state index contributed by atoms with van der Waals surface area (Å²) in [5.41, 5.74) is 6.89. The number of allylic oxidation sites excluding steroid dienone is 2. The Morgan fingerprint density at radius 1 is 0.939 bits per heavy atom. The van der Waals surface area contributed by atoms with Crippen molar-refractivity contribution in [3.63, 3.8) is 0 Å². The lowest BCUT2D eigenvalue weighted by molar-refractivity contribution is 0.408. The van der Waals surface area contributed by atoms with Crippen LogP contribution in [-0.2, 0) is 0 Å². The molecule has 0 aliphatic carbocycles. The first-order chi connectivity index (χ1) is 16.3. The molecule has 3 heterocycles. The van der Waals surface area contributed by atoms with Crippen molar-refractivity contribution >= 4 is 28.5 Å². The molecule has 3 aromatic carbocycles. The zero-order valence-electron chi connectivity index (χ0n) is 18.5. The summed E-state index contributed by atoms with van der Waals surface area (Å²) in [6, 6.07) is 25.3. The summed E-state index contributed by atoms with van der Waals surface area (Å²) in [6.45, 7) is 0.847. The number of aromatic nitrogens is 1. The summed E-state index contributed by atoms with van der Waals surface area (Å²) in [7, 11) is 1.75. The second-order valence-corrected chi connectivity index (χ2v) is 8.25. The van der Waals surface area contributed by atoms with E-state index in [1.165, 1.54) is 22.3 Å². The van der Waals surface area contributed by atoms with Gasteiger partial charge in [-0.1, -0.05) is 85.0 Å². The molecule has 0 saturated carbocycles. The molecule has 0 fully saturated rings. The lowest BCUT2D eigenvalue weighted by Crippen LogP contribution is -2.25. The second kappa shape index (κ2) is 8.06. The number of nitrogens with zero attached hydrogens (tertiary/aromatic N) is 1. The van der Waals surface area contributed by atoms with Crippen molar-refractivity contribution in [2.45, 2.75) is 6.04 Å². The predicted molar refractivity (Wildman–Crippen MR) is 137 cm³/mol. The molecule has 1 atom stereocenters. The van der Waals surface area contributed by atoms with Gasteiger partial charge in [-0.3, -0.25) is 4.57 Å². The molecule has 4 nitrogen and oxygen atoms in total. The van der Waals surface area contributed by atoms with Crippen molar-refractivity contribution in [3.8, 4) is 16.9 Å². The van der Waals surface area contributed by atoms with Gasteiger partial charge in [0.05, 0.1) is 30.0 Å². The zero-order valence-corrected chi connectivity index (χ0v) is 18.5. The molecule has 4 aromatic rings. The van der Waals surface area contributed by atoms with E-state index in [1.807, 2.05) is 6.07 Å². The van der Waals surface area contributed by atoms with E-state index >= 15 is 0 Å². The zero-order chi connectivity index (χ0) is 22.2. The highest BCUT2D eigenvalue weighted by Crippen LogP contribution is 2.40. The normalized spacial score (nSPS) is 16.6. The van der Waals surface area contributed by atoms with Gasteiger partial charge >= 0.3 is 0 Å². The Morgan fingerprint density at radius 3 is 2.67 bits per heavy atom. The minimum Gasteiger partial charge on any atom is -0.496 e. The number of fused-ring (bicyclic) bond motifs is 3. The van der Waals surface area contributed by atoms with Gasteiger partial charge < -0.3 is 15.4 Å². The molecule has 2 aliphatic rings. The first-order valence-electron chi connectivity index (χ1n) is 11.3. The highest BCUT2D eigenvalue weighted by Gasteiger charge is 2.24. The molecular weight excluding hydrogens is 406 g/mol. The molecular formula is C29H25N3O. The van der Waals surface area contributed by atoms with Gasteiger partial charge in [0.2, 0.25) is 0 Å². The Bertz CT molecular complexity index is 1430. The van der Waals surface area contributed by atoms with E-state index in [2.05, 4.69) is 112 Å². The highest BCUT2D eigenvalue weighted by molar-refractivity contribution is 6.01. The van der Waals surface area contributed by atoms with Crippen LogP contribution in [0.15, 0.2) is 97.1 Å².